The van der Waals surface area contributed by atoms with E-state index in [4.69, 9.17) is 0 Å². The molecule has 0 amide bonds. The molecule has 0 unspecified atom stereocenters. The first-order valence-electron chi connectivity index (χ1n) is 13.8. The summed E-state index contributed by atoms with van der Waals surface area (Å²) in [5.41, 5.74) is 0.167. The Bertz CT molecular complexity index is 517. The molecule has 3 saturated carbocycles. The quantitative estimate of drug-likeness (QED) is 0.359. The van der Waals surface area contributed by atoms with Crippen LogP contribution in [0.5, 0.6) is 0 Å². The molecule has 0 radical (unpaired) electrons. The van der Waals surface area contributed by atoms with Crippen LogP contribution in [0.15, 0.2) is 0 Å². The van der Waals surface area contributed by atoms with Gasteiger partial charge in [-0.05, 0) is 81.0 Å². The minimum Gasteiger partial charge on any atom is -0.481 e. The van der Waals surface area contributed by atoms with Crippen molar-refractivity contribution in [2.75, 3.05) is 0 Å². The third kappa shape index (κ3) is 4.78. The van der Waals surface area contributed by atoms with Gasteiger partial charge in [0, 0.05) is 0 Å². The number of carboxylic acids is 1. The van der Waals surface area contributed by atoms with Gasteiger partial charge in [0.2, 0.25) is 0 Å². The number of unbranched alkanes of at least 4 members (excludes halogenated alkanes) is 3. The zero-order valence-electron chi connectivity index (χ0n) is 20.3. The van der Waals surface area contributed by atoms with Crippen LogP contribution in [0.4, 0.5) is 0 Å². The number of hydrogen-bond acceptors (Lipinski definition) is 1. The molecule has 30 heavy (non-hydrogen) atoms. The van der Waals surface area contributed by atoms with Gasteiger partial charge in [0.1, 0.15) is 0 Å². The highest BCUT2D eigenvalue weighted by Crippen LogP contribution is 2.64. The molecule has 0 aliphatic heterocycles. The highest BCUT2D eigenvalue weighted by Gasteiger charge is 2.58. The minimum absolute atomic E-state index is 0.0683. The molecule has 3 aliphatic carbocycles. The Balaban J connectivity index is 1.85. The molecule has 1 N–H and O–H groups in total. The molecule has 3 aliphatic rings. The van der Waals surface area contributed by atoms with Gasteiger partial charge >= 0.3 is 5.97 Å². The molecular weight excluding hydrogens is 368 g/mol. The van der Waals surface area contributed by atoms with Crippen molar-refractivity contribution in [2.24, 2.45) is 22.2 Å². The maximum Gasteiger partial charge on any atom is 0.310 e. The first kappa shape index (κ1) is 24.1. The van der Waals surface area contributed by atoms with Crippen LogP contribution in [0, 0.1) is 22.2 Å². The van der Waals surface area contributed by atoms with Gasteiger partial charge in [-0.25, -0.2) is 0 Å². The molecule has 3 rings (SSSR count). The lowest BCUT2D eigenvalue weighted by atomic mass is 9.46. The van der Waals surface area contributed by atoms with Gasteiger partial charge < -0.3 is 5.11 Å². The second-order valence-corrected chi connectivity index (χ2v) is 11.5. The van der Waals surface area contributed by atoms with Crippen molar-refractivity contribution in [3.05, 3.63) is 0 Å². The van der Waals surface area contributed by atoms with Gasteiger partial charge in [0.15, 0.2) is 0 Å². The molecule has 3 fully saturated rings. The first-order valence-corrected chi connectivity index (χ1v) is 13.8. The number of carbonyl (C=O) groups is 1. The summed E-state index contributed by atoms with van der Waals surface area (Å²) in [6.45, 7) is 4.62. The van der Waals surface area contributed by atoms with Crippen LogP contribution in [-0.2, 0) is 4.79 Å². The molecule has 0 aromatic rings. The monoisotopic (exact) mass is 418 g/mol. The van der Waals surface area contributed by atoms with Gasteiger partial charge in [0.05, 0.1) is 5.41 Å². The maximum atomic E-state index is 12.8. The van der Waals surface area contributed by atoms with E-state index in [1.54, 1.807) is 0 Å². The van der Waals surface area contributed by atoms with Crippen molar-refractivity contribution in [1.29, 1.82) is 0 Å². The smallest absolute Gasteiger partial charge is 0.310 e. The van der Waals surface area contributed by atoms with Gasteiger partial charge in [-0.15, -0.1) is 0 Å². The van der Waals surface area contributed by atoms with Gasteiger partial charge in [0.25, 0.3) is 0 Å². The summed E-state index contributed by atoms with van der Waals surface area (Å²) in [6.07, 6.45) is 26.6. The fraction of sp³-hybridized carbons (Fsp3) is 0.964. The van der Waals surface area contributed by atoms with E-state index < -0.39 is 11.4 Å². The number of hydrogen-bond donors (Lipinski definition) is 1. The molecule has 174 valence electrons. The first-order chi connectivity index (χ1) is 14.5. The average molecular weight is 419 g/mol. The lowest BCUT2D eigenvalue weighted by Gasteiger charge is -2.58. The van der Waals surface area contributed by atoms with Crippen LogP contribution in [0.25, 0.3) is 0 Å². The average Bonchev–Trinajstić information content (AvgIpc) is 2.80. The number of aliphatic carboxylic acids is 1. The summed E-state index contributed by atoms with van der Waals surface area (Å²) in [7, 11) is 0. The Hall–Kier alpha value is -0.530. The summed E-state index contributed by atoms with van der Waals surface area (Å²) in [5.74, 6) is 0.469. The Labute approximate surface area is 187 Å². The largest absolute Gasteiger partial charge is 0.481 e. The molecule has 0 heterocycles. The van der Waals surface area contributed by atoms with Crippen molar-refractivity contribution < 1.29 is 9.90 Å². The van der Waals surface area contributed by atoms with E-state index in [1.165, 1.54) is 109 Å². The maximum absolute atomic E-state index is 12.8. The van der Waals surface area contributed by atoms with E-state index in [9.17, 15) is 9.90 Å². The van der Waals surface area contributed by atoms with Crippen molar-refractivity contribution in [3.8, 4) is 0 Å². The van der Waals surface area contributed by atoms with Crippen molar-refractivity contribution in [1.82, 2.24) is 0 Å². The fourth-order valence-electron chi connectivity index (χ4n) is 8.14. The van der Waals surface area contributed by atoms with Gasteiger partial charge in [-0.1, -0.05) is 84.5 Å². The van der Waals surface area contributed by atoms with E-state index >= 15 is 0 Å². The molecule has 0 atom stereocenters. The predicted molar refractivity (Wildman–Crippen MR) is 127 cm³/mol. The summed E-state index contributed by atoms with van der Waals surface area (Å²) in [4.78, 5) is 12.8. The highest BCUT2D eigenvalue weighted by atomic mass is 16.4. The fourth-order valence-corrected chi connectivity index (χ4v) is 8.14. The van der Waals surface area contributed by atoms with Crippen LogP contribution >= 0.6 is 0 Å². The topological polar surface area (TPSA) is 37.3 Å². The van der Waals surface area contributed by atoms with Crippen LogP contribution in [0.3, 0.4) is 0 Å². The lowest BCUT2D eigenvalue weighted by Crippen LogP contribution is -2.53. The zero-order valence-corrected chi connectivity index (χ0v) is 20.3. The van der Waals surface area contributed by atoms with E-state index in [0.717, 1.165) is 31.6 Å². The Morgan fingerprint density at radius 1 is 0.733 bits per heavy atom. The third-order valence-electron chi connectivity index (χ3n) is 10.1. The SMILES string of the molecule is CCCCCC1(C2(C(=O)O)CCCCC2)CCC(CCCC)(C2CCCCC2)CC1. The molecule has 0 saturated heterocycles. The van der Waals surface area contributed by atoms with Crippen LogP contribution in [-0.4, -0.2) is 11.1 Å². The second-order valence-electron chi connectivity index (χ2n) is 11.5. The standard InChI is InChI=1S/C28H50O2/c1-3-5-11-17-27(28(25(29)30)18-12-8-13-19-28)22-20-26(21-23-27,16-6-4-2)24-14-9-7-10-15-24/h24H,3-23H2,1-2H3,(H,29,30). The lowest BCUT2D eigenvalue weighted by molar-refractivity contribution is -0.171. The highest BCUT2D eigenvalue weighted by molar-refractivity contribution is 5.76. The normalized spacial score (nSPS) is 32.7. The van der Waals surface area contributed by atoms with E-state index in [2.05, 4.69) is 13.8 Å². The third-order valence-corrected chi connectivity index (χ3v) is 10.1. The number of rotatable bonds is 10. The van der Waals surface area contributed by atoms with Crippen molar-refractivity contribution in [2.45, 2.75) is 149 Å². The molecule has 0 spiro atoms. The van der Waals surface area contributed by atoms with E-state index in [0.29, 0.717) is 5.41 Å². The van der Waals surface area contributed by atoms with E-state index in [-0.39, 0.29) is 5.41 Å². The molecule has 2 nitrogen and oxygen atoms in total. The van der Waals surface area contributed by atoms with Crippen molar-refractivity contribution in [3.63, 3.8) is 0 Å². The molecular formula is C28H50O2. The van der Waals surface area contributed by atoms with Gasteiger partial charge in [-0.2, -0.15) is 0 Å². The summed E-state index contributed by atoms with van der Waals surface area (Å²) < 4.78 is 0. The molecule has 0 aromatic carbocycles. The summed E-state index contributed by atoms with van der Waals surface area (Å²) >= 11 is 0. The van der Waals surface area contributed by atoms with E-state index in [1.807, 2.05) is 0 Å². The van der Waals surface area contributed by atoms with Crippen LogP contribution < -0.4 is 0 Å². The zero-order chi connectivity index (χ0) is 21.5. The van der Waals surface area contributed by atoms with Crippen LogP contribution in [0.2, 0.25) is 0 Å². The molecule has 0 aromatic heterocycles. The molecule has 0 bridgehead atoms. The molecule has 2 heteroatoms. The second kappa shape index (κ2) is 10.9. The van der Waals surface area contributed by atoms with Gasteiger partial charge in [-0.3, -0.25) is 4.79 Å². The Kier molecular flexibility index (Phi) is 8.73. The Morgan fingerprint density at radius 3 is 1.90 bits per heavy atom. The predicted octanol–water partition coefficient (Wildman–Crippen LogP) is 8.92. The summed E-state index contributed by atoms with van der Waals surface area (Å²) in [6, 6.07) is 0. The van der Waals surface area contributed by atoms with Crippen LogP contribution in [0.1, 0.15) is 149 Å². The number of carboxylic acid groups (broad SMARTS) is 1. The Morgan fingerprint density at radius 2 is 1.33 bits per heavy atom. The minimum atomic E-state index is -0.447. The summed E-state index contributed by atoms with van der Waals surface area (Å²) in [5, 5.41) is 10.6. The van der Waals surface area contributed by atoms with Crippen molar-refractivity contribution >= 4 is 5.97 Å².